The summed E-state index contributed by atoms with van der Waals surface area (Å²) in [4.78, 5) is 0. The third-order valence-electron chi connectivity index (χ3n) is 4.32. The fourth-order valence-corrected chi connectivity index (χ4v) is 2.22. The topological polar surface area (TPSA) is 27.7 Å². The highest BCUT2D eigenvalue weighted by atomic mass is 16.7. The summed E-state index contributed by atoms with van der Waals surface area (Å²) >= 11 is 0. The van der Waals surface area contributed by atoms with E-state index in [4.69, 9.17) is 14.0 Å². The summed E-state index contributed by atoms with van der Waals surface area (Å²) in [5.41, 5.74) is 2.83. The van der Waals surface area contributed by atoms with Gasteiger partial charge >= 0.3 is 7.12 Å². The van der Waals surface area contributed by atoms with Crippen LogP contribution in [-0.2, 0) is 20.7 Å². The Morgan fingerprint density at radius 3 is 2.25 bits per heavy atom. The van der Waals surface area contributed by atoms with Crippen LogP contribution < -0.4 is 5.46 Å². The van der Waals surface area contributed by atoms with Gasteiger partial charge in [-0.25, -0.2) is 0 Å². The molecule has 4 heteroatoms. The lowest BCUT2D eigenvalue weighted by Gasteiger charge is -2.32. The molecule has 0 amide bonds. The second-order valence-corrected chi connectivity index (χ2v) is 6.42. The highest BCUT2D eigenvalue weighted by Gasteiger charge is 2.52. The van der Waals surface area contributed by atoms with Gasteiger partial charge < -0.3 is 14.0 Å². The summed E-state index contributed by atoms with van der Waals surface area (Å²) in [6.07, 6.45) is 0. The second-order valence-electron chi connectivity index (χ2n) is 6.42. The van der Waals surface area contributed by atoms with Crippen LogP contribution in [0.25, 0.3) is 0 Å². The molecule has 20 heavy (non-hydrogen) atoms. The summed E-state index contributed by atoms with van der Waals surface area (Å²) in [5, 5.41) is 0. The molecule has 0 radical (unpaired) electrons. The summed E-state index contributed by atoms with van der Waals surface area (Å²) in [6, 6.07) is 6.33. The molecule has 0 unspecified atom stereocenters. The first kappa shape index (κ1) is 15.6. The van der Waals surface area contributed by atoms with Crippen LogP contribution in [-0.4, -0.2) is 24.9 Å². The standard InChI is InChI=1S/C16H25BO3/c1-7-18-11-13-9-8-12(2)14(10-13)17-19-15(3,4)16(5,6)20-17/h8-10H,7,11H2,1-6H3. The number of ether oxygens (including phenoxy) is 1. The molecule has 3 nitrogen and oxygen atoms in total. The van der Waals surface area contributed by atoms with E-state index >= 15 is 0 Å². The molecule has 110 valence electrons. The lowest BCUT2D eigenvalue weighted by molar-refractivity contribution is 0.00578. The summed E-state index contributed by atoms with van der Waals surface area (Å²) in [5.74, 6) is 0. The Morgan fingerprint density at radius 2 is 1.70 bits per heavy atom. The fourth-order valence-electron chi connectivity index (χ4n) is 2.22. The highest BCUT2D eigenvalue weighted by Crippen LogP contribution is 2.36. The molecule has 1 fully saturated rings. The lowest BCUT2D eigenvalue weighted by Crippen LogP contribution is -2.41. The van der Waals surface area contributed by atoms with Crippen LogP contribution in [0.4, 0.5) is 0 Å². The van der Waals surface area contributed by atoms with Crippen LogP contribution in [0, 0.1) is 6.92 Å². The van der Waals surface area contributed by atoms with Crippen LogP contribution in [0.3, 0.4) is 0 Å². The highest BCUT2D eigenvalue weighted by molar-refractivity contribution is 6.62. The Hall–Kier alpha value is -0.835. The minimum Gasteiger partial charge on any atom is -0.399 e. The molecule has 1 aliphatic heterocycles. The van der Waals surface area contributed by atoms with Crippen molar-refractivity contribution in [3.63, 3.8) is 0 Å². The first-order valence-corrected chi connectivity index (χ1v) is 7.29. The number of hydrogen-bond donors (Lipinski definition) is 0. The molecule has 1 aromatic carbocycles. The van der Waals surface area contributed by atoms with Gasteiger partial charge in [0.25, 0.3) is 0 Å². The molecular formula is C16H25BO3. The zero-order valence-corrected chi connectivity index (χ0v) is 13.4. The molecule has 0 N–H and O–H groups in total. The van der Waals surface area contributed by atoms with Gasteiger partial charge in [-0.1, -0.05) is 23.8 Å². The Morgan fingerprint density at radius 1 is 1.10 bits per heavy atom. The largest absolute Gasteiger partial charge is 0.495 e. The van der Waals surface area contributed by atoms with E-state index in [-0.39, 0.29) is 18.3 Å². The normalized spacial score (nSPS) is 20.4. The van der Waals surface area contributed by atoms with E-state index in [1.165, 1.54) is 5.56 Å². The molecule has 0 bridgehead atoms. The van der Waals surface area contributed by atoms with Gasteiger partial charge in [-0.15, -0.1) is 0 Å². The zero-order chi connectivity index (χ0) is 15.0. The van der Waals surface area contributed by atoms with Crippen molar-refractivity contribution >= 4 is 12.6 Å². The molecule has 0 saturated carbocycles. The van der Waals surface area contributed by atoms with Crippen LogP contribution in [0.2, 0.25) is 0 Å². The van der Waals surface area contributed by atoms with Gasteiger partial charge in [0.05, 0.1) is 17.8 Å². The molecule has 1 aromatic rings. The third kappa shape index (κ3) is 2.92. The van der Waals surface area contributed by atoms with Crippen molar-refractivity contribution in [1.29, 1.82) is 0 Å². The van der Waals surface area contributed by atoms with E-state index in [9.17, 15) is 0 Å². The smallest absolute Gasteiger partial charge is 0.399 e. The number of hydrogen-bond acceptors (Lipinski definition) is 3. The van der Waals surface area contributed by atoms with Gasteiger partial charge in [0.15, 0.2) is 0 Å². The fraction of sp³-hybridized carbons (Fsp3) is 0.625. The average molecular weight is 276 g/mol. The zero-order valence-electron chi connectivity index (χ0n) is 13.4. The minimum absolute atomic E-state index is 0.304. The van der Waals surface area contributed by atoms with E-state index in [0.29, 0.717) is 6.61 Å². The van der Waals surface area contributed by atoms with Gasteiger partial charge in [-0.2, -0.15) is 0 Å². The maximum atomic E-state index is 6.13. The summed E-state index contributed by atoms with van der Waals surface area (Å²) in [6.45, 7) is 13.7. The van der Waals surface area contributed by atoms with Gasteiger partial charge in [0.1, 0.15) is 0 Å². The van der Waals surface area contributed by atoms with Gasteiger partial charge in [-0.05, 0) is 52.6 Å². The second kappa shape index (κ2) is 5.51. The van der Waals surface area contributed by atoms with Crippen LogP contribution in [0.15, 0.2) is 18.2 Å². The minimum atomic E-state index is -0.306. The maximum Gasteiger partial charge on any atom is 0.495 e. The van der Waals surface area contributed by atoms with Crippen molar-refractivity contribution in [3.8, 4) is 0 Å². The molecule has 0 spiro atoms. The quantitative estimate of drug-likeness (QED) is 0.791. The number of benzene rings is 1. The Bertz CT molecular complexity index is 467. The van der Waals surface area contributed by atoms with Crippen molar-refractivity contribution in [2.45, 2.75) is 59.4 Å². The van der Waals surface area contributed by atoms with Gasteiger partial charge in [-0.3, -0.25) is 0 Å². The van der Waals surface area contributed by atoms with Crippen molar-refractivity contribution in [3.05, 3.63) is 29.3 Å². The first-order valence-electron chi connectivity index (χ1n) is 7.29. The van der Waals surface area contributed by atoms with E-state index < -0.39 is 0 Å². The predicted octanol–water partition coefficient (Wildman–Crippen LogP) is 2.83. The SMILES string of the molecule is CCOCc1ccc(C)c(B2OC(C)(C)C(C)(C)O2)c1. The van der Waals surface area contributed by atoms with Crippen molar-refractivity contribution in [1.82, 2.24) is 0 Å². The number of rotatable bonds is 4. The molecular weight excluding hydrogens is 251 g/mol. The van der Waals surface area contributed by atoms with Crippen molar-refractivity contribution < 1.29 is 14.0 Å². The first-order chi connectivity index (χ1) is 9.27. The lowest BCUT2D eigenvalue weighted by atomic mass is 9.75. The van der Waals surface area contributed by atoms with Crippen LogP contribution in [0.5, 0.6) is 0 Å². The third-order valence-corrected chi connectivity index (χ3v) is 4.32. The Labute approximate surface area is 122 Å². The van der Waals surface area contributed by atoms with Gasteiger partial charge in [0.2, 0.25) is 0 Å². The van der Waals surface area contributed by atoms with E-state index in [1.54, 1.807) is 0 Å². The molecule has 0 aliphatic carbocycles. The van der Waals surface area contributed by atoms with E-state index in [0.717, 1.165) is 17.6 Å². The Balaban J connectivity index is 2.25. The van der Waals surface area contributed by atoms with Crippen LogP contribution >= 0.6 is 0 Å². The van der Waals surface area contributed by atoms with E-state index in [2.05, 4.69) is 52.8 Å². The molecule has 0 aromatic heterocycles. The monoisotopic (exact) mass is 276 g/mol. The summed E-state index contributed by atoms with van der Waals surface area (Å²) in [7, 11) is -0.304. The van der Waals surface area contributed by atoms with Crippen molar-refractivity contribution in [2.75, 3.05) is 6.61 Å². The molecule has 1 aliphatic rings. The Kier molecular flexibility index (Phi) is 4.28. The predicted molar refractivity (Wildman–Crippen MR) is 82.2 cm³/mol. The summed E-state index contributed by atoms with van der Waals surface area (Å²) < 4.78 is 17.7. The van der Waals surface area contributed by atoms with Crippen molar-refractivity contribution in [2.24, 2.45) is 0 Å². The molecule has 2 rings (SSSR count). The number of aryl methyl sites for hydroxylation is 1. The molecule has 1 saturated heterocycles. The maximum absolute atomic E-state index is 6.13. The molecule has 1 heterocycles. The van der Waals surface area contributed by atoms with Crippen LogP contribution in [0.1, 0.15) is 45.7 Å². The molecule has 0 atom stereocenters. The van der Waals surface area contributed by atoms with Gasteiger partial charge in [0, 0.05) is 6.61 Å². The van der Waals surface area contributed by atoms with E-state index in [1.807, 2.05) is 6.92 Å². The average Bonchev–Trinajstić information content (AvgIpc) is 2.57.